The minimum Gasteiger partial charge on any atom is -0.488 e. The van der Waals surface area contributed by atoms with Crippen molar-refractivity contribution in [3.05, 3.63) is 113 Å². The van der Waals surface area contributed by atoms with Gasteiger partial charge in [-0.15, -0.1) is 0 Å². The van der Waals surface area contributed by atoms with Crippen LogP contribution in [0.3, 0.4) is 0 Å². The lowest BCUT2D eigenvalue weighted by molar-refractivity contribution is 0.102. The molecule has 31 heavy (non-hydrogen) atoms. The quantitative estimate of drug-likeness (QED) is 0.407. The van der Waals surface area contributed by atoms with E-state index >= 15 is 0 Å². The smallest absolute Gasteiger partial charge is 0.259 e. The van der Waals surface area contributed by atoms with Crippen LogP contribution in [-0.2, 0) is 13.2 Å². The highest BCUT2D eigenvalue weighted by Crippen LogP contribution is 2.23. The number of anilines is 1. The van der Waals surface area contributed by atoms with E-state index in [1.165, 1.54) is 0 Å². The lowest BCUT2D eigenvalue weighted by Gasteiger charge is -2.13. The number of amides is 1. The molecule has 0 bridgehead atoms. The summed E-state index contributed by atoms with van der Waals surface area (Å²) in [5.74, 6) is 1.24. The number of halogens is 1. The first-order chi connectivity index (χ1) is 15.1. The predicted octanol–water partition coefficient (Wildman–Crippen LogP) is 5.72. The van der Waals surface area contributed by atoms with Gasteiger partial charge in [-0.25, -0.2) is 4.98 Å². The van der Waals surface area contributed by atoms with Crippen LogP contribution in [0.1, 0.15) is 27.3 Å². The molecule has 4 aromatic rings. The van der Waals surface area contributed by atoms with E-state index in [9.17, 15) is 4.79 Å². The van der Waals surface area contributed by atoms with Crippen LogP contribution in [0.5, 0.6) is 5.75 Å². The van der Waals surface area contributed by atoms with Crippen molar-refractivity contribution in [2.45, 2.75) is 20.1 Å². The SMILES string of the molecule is Cc1nccn1Cc1ccc(NC(=O)c2ccccc2OCc2ccccc2Cl)cc1. The molecule has 0 unspecified atom stereocenters. The van der Waals surface area contributed by atoms with E-state index in [4.69, 9.17) is 16.3 Å². The zero-order valence-corrected chi connectivity index (χ0v) is 17.8. The van der Waals surface area contributed by atoms with Crippen molar-refractivity contribution in [3.63, 3.8) is 0 Å². The number of hydrogen-bond acceptors (Lipinski definition) is 3. The number of rotatable bonds is 7. The lowest BCUT2D eigenvalue weighted by atomic mass is 10.1. The van der Waals surface area contributed by atoms with Gasteiger partial charge >= 0.3 is 0 Å². The minimum atomic E-state index is -0.229. The fraction of sp³-hybridized carbons (Fsp3) is 0.120. The van der Waals surface area contributed by atoms with Gasteiger partial charge in [0.05, 0.1) is 5.56 Å². The number of aryl methyl sites for hydroxylation is 1. The predicted molar refractivity (Wildman–Crippen MR) is 123 cm³/mol. The van der Waals surface area contributed by atoms with Crippen LogP contribution in [0.4, 0.5) is 5.69 Å². The number of carbonyl (C=O) groups is 1. The van der Waals surface area contributed by atoms with Crippen LogP contribution < -0.4 is 10.1 Å². The summed E-state index contributed by atoms with van der Waals surface area (Å²) in [6.45, 7) is 2.99. The molecule has 6 heteroatoms. The molecule has 0 aliphatic carbocycles. The Morgan fingerprint density at radius 1 is 1.03 bits per heavy atom. The number of nitrogens with one attached hydrogen (secondary N) is 1. The fourth-order valence-electron chi connectivity index (χ4n) is 3.21. The highest BCUT2D eigenvalue weighted by Gasteiger charge is 2.13. The second kappa shape index (κ2) is 9.49. The summed E-state index contributed by atoms with van der Waals surface area (Å²) in [6, 6.07) is 22.4. The molecule has 0 spiro atoms. The van der Waals surface area contributed by atoms with E-state index in [-0.39, 0.29) is 12.5 Å². The molecule has 0 fully saturated rings. The van der Waals surface area contributed by atoms with Crippen molar-refractivity contribution >= 4 is 23.2 Å². The van der Waals surface area contributed by atoms with E-state index < -0.39 is 0 Å². The van der Waals surface area contributed by atoms with Crippen LogP contribution in [0.2, 0.25) is 5.02 Å². The zero-order chi connectivity index (χ0) is 21.6. The third kappa shape index (κ3) is 5.13. The normalized spacial score (nSPS) is 10.6. The highest BCUT2D eigenvalue weighted by molar-refractivity contribution is 6.31. The van der Waals surface area contributed by atoms with Crippen molar-refractivity contribution in [1.82, 2.24) is 9.55 Å². The molecule has 0 radical (unpaired) electrons. The molecule has 4 rings (SSSR count). The van der Waals surface area contributed by atoms with E-state index in [1.54, 1.807) is 18.3 Å². The Hall–Kier alpha value is -3.57. The van der Waals surface area contributed by atoms with Crippen LogP contribution in [0, 0.1) is 6.92 Å². The van der Waals surface area contributed by atoms with Gasteiger partial charge in [0.15, 0.2) is 0 Å². The second-order valence-electron chi connectivity index (χ2n) is 7.13. The summed E-state index contributed by atoms with van der Waals surface area (Å²) in [6.07, 6.45) is 3.74. The summed E-state index contributed by atoms with van der Waals surface area (Å²) >= 11 is 6.20. The average Bonchev–Trinajstić information content (AvgIpc) is 3.19. The first-order valence-corrected chi connectivity index (χ1v) is 10.3. The molecule has 0 aliphatic rings. The third-order valence-electron chi connectivity index (χ3n) is 4.96. The summed E-state index contributed by atoms with van der Waals surface area (Å²) in [5.41, 5.74) is 3.18. The van der Waals surface area contributed by atoms with E-state index in [2.05, 4.69) is 14.9 Å². The summed E-state index contributed by atoms with van der Waals surface area (Å²) in [5, 5.41) is 3.58. The largest absolute Gasteiger partial charge is 0.488 e. The molecule has 0 aliphatic heterocycles. The van der Waals surface area contributed by atoms with E-state index in [0.717, 1.165) is 29.2 Å². The van der Waals surface area contributed by atoms with Crippen LogP contribution in [0.25, 0.3) is 0 Å². The van der Waals surface area contributed by atoms with Crippen molar-refractivity contribution in [1.29, 1.82) is 0 Å². The molecule has 156 valence electrons. The topological polar surface area (TPSA) is 56.2 Å². The van der Waals surface area contributed by atoms with Crippen molar-refractivity contribution in [2.24, 2.45) is 0 Å². The molecule has 1 amide bonds. The highest BCUT2D eigenvalue weighted by atomic mass is 35.5. The summed E-state index contributed by atoms with van der Waals surface area (Å²) < 4.78 is 7.97. The first-order valence-electron chi connectivity index (χ1n) is 9.93. The number of nitrogens with zero attached hydrogens (tertiary/aromatic N) is 2. The Bertz CT molecular complexity index is 1190. The molecule has 0 saturated carbocycles. The molecule has 1 heterocycles. The lowest BCUT2D eigenvalue weighted by Crippen LogP contribution is -2.13. The number of benzene rings is 3. The minimum absolute atomic E-state index is 0.229. The summed E-state index contributed by atoms with van der Waals surface area (Å²) in [7, 11) is 0. The van der Waals surface area contributed by atoms with Gasteiger partial charge in [0.2, 0.25) is 0 Å². The van der Waals surface area contributed by atoms with Gasteiger partial charge in [-0.2, -0.15) is 0 Å². The van der Waals surface area contributed by atoms with Gasteiger partial charge in [0.1, 0.15) is 18.2 Å². The molecule has 1 aromatic heterocycles. The zero-order valence-electron chi connectivity index (χ0n) is 17.1. The maximum atomic E-state index is 12.9. The van der Waals surface area contributed by atoms with Gasteiger partial charge in [-0.05, 0) is 42.8 Å². The number of ether oxygens (including phenoxy) is 1. The second-order valence-corrected chi connectivity index (χ2v) is 7.54. The number of aromatic nitrogens is 2. The Morgan fingerprint density at radius 3 is 2.52 bits per heavy atom. The summed E-state index contributed by atoms with van der Waals surface area (Å²) in [4.78, 5) is 17.1. The monoisotopic (exact) mass is 431 g/mol. The molecular weight excluding hydrogens is 410 g/mol. The number of imidazole rings is 1. The first kappa shape index (κ1) is 20.7. The fourth-order valence-corrected chi connectivity index (χ4v) is 3.40. The van der Waals surface area contributed by atoms with Crippen LogP contribution in [-0.4, -0.2) is 15.5 Å². The van der Waals surface area contributed by atoms with Gasteiger partial charge in [0, 0.05) is 35.2 Å². The molecular formula is C25H22ClN3O2. The van der Waals surface area contributed by atoms with Gasteiger partial charge in [-0.1, -0.05) is 54.1 Å². The van der Waals surface area contributed by atoms with E-state index in [0.29, 0.717) is 16.3 Å². The Balaban J connectivity index is 1.43. The Morgan fingerprint density at radius 2 is 1.77 bits per heavy atom. The molecule has 1 N–H and O–H groups in total. The van der Waals surface area contributed by atoms with E-state index in [1.807, 2.05) is 73.8 Å². The third-order valence-corrected chi connectivity index (χ3v) is 5.33. The maximum Gasteiger partial charge on any atom is 0.259 e. The number of carbonyl (C=O) groups excluding carboxylic acids is 1. The molecule has 0 saturated heterocycles. The Kier molecular flexibility index (Phi) is 6.34. The van der Waals surface area contributed by atoms with Gasteiger partial charge < -0.3 is 14.6 Å². The van der Waals surface area contributed by atoms with Crippen molar-refractivity contribution in [2.75, 3.05) is 5.32 Å². The van der Waals surface area contributed by atoms with Gasteiger partial charge in [-0.3, -0.25) is 4.79 Å². The molecule has 0 atom stereocenters. The molecule has 3 aromatic carbocycles. The van der Waals surface area contributed by atoms with Crippen LogP contribution >= 0.6 is 11.6 Å². The average molecular weight is 432 g/mol. The van der Waals surface area contributed by atoms with Crippen LogP contribution in [0.15, 0.2) is 85.2 Å². The molecule has 5 nitrogen and oxygen atoms in total. The maximum absolute atomic E-state index is 12.9. The van der Waals surface area contributed by atoms with Gasteiger partial charge in [0.25, 0.3) is 5.91 Å². The number of hydrogen-bond donors (Lipinski definition) is 1. The standard InChI is InChI=1S/C25H22ClN3O2/c1-18-27-14-15-29(18)16-19-10-12-21(13-11-19)28-25(30)22-7-3-5-9-24(22)31-17-20-6-2-4-8-23(20)26/h2-15H,16-17H2,1H3,(H,28,30). The number of para-hydroxylation sites is 1. The van der Waals surface area contributed by atoms with Crippen molar-refractivity contribution in [3.8, 4) is 5.75 Å². The Labute approximate surface area is 186 Å². The van der Waals surface area contributed by atoms with Crippen molar-refractivity contribution < 1.29 is 9.53 Å².